The van der Waals surface area contributed by atoms with Gasteiger partial charge >= 0.3 is 0 Å². The number of hydrogen-bond acceptors (Lipinski definition) is 4. The second-order valence-electron chi connectivity index (χ2n) is 4.29. The summed E-state index contributed by atoms with van der Waals surface area (Å²) in [5.74, 6) is -0.496. The smallest absolute Gasteiger partial charge is 0.250 e. The molecule has 5 nitrogen and oxygen atoms in total. The lowest BCUT2D eigenvalue weighted by molar-refractivity contribution is 0.100. The fraction of sp³-hybridized carbons (Fsp3) is 0.417. The van der Waals surface area contributed by atoms with Crippen LogP contribution in [0.4, 0.5) is 11.4 Å². The predicted molar refractivity (Wildman–Crippen MR) is 68.4 cm³/mol. The minimum Gasteiger partial charge on any atom is -0.396 e. The number of rotatable bonds is 3. The first kappa shape index (κ1) is 11.7. The van der Waals surface area contributed by atoms with Gasteiger partial charge in [-0.1, -0.05) is 12.5 Å². The van der Waals surface area contributed by atoms with Gasteiger partial charge in [0.1, 0.15) is 0 Å². The molecule has 0 aromatic heterocycles. The molecule has 1 aromatic carbocycles. The molecule has 5 N–H and O–H groups in total. The molecule has 1 aliphatic rings. The Bertz CT molecular complexity index is 413. The summed E-state index contributed by atoms with van der Waals surface area (Å²) in [4.78, 5) is 11.2. The number of carbonyl (C=O) groups is 1. The number of hydrazine groups is 1. The zero-order chi connectivity index (χ0) is 12.3. The maximum absolute atomic E-state index is 11.2. The third kappa shape index (κ3) is 2.68. The first-order chi connectivity index (χ1) is 8.18. The average Bonchev–Trinajstić information content (AvgIpc) is 2.33. The highest BCUT2D eigenvalue weighted by molar-refractivity contribution is 6.00. The molecular weight excluding hydrogens is 216 g/mol. The van der Waals surface area contributed by atoms with Gasteiger partial charge in [-0.05, 0) is 25.0 Å². The number of primary amides is 1. The largest absolute Gasteiger partial charge is 0.396 e. The van der Waals surface area contributed by atoms with Crippen molar-refractivity contribution in [3.8, 4) is 0 Å². The number of amides is 1. The zero-order valence-corrected chi connectivity index (χ0v) is 9.78. The van der Waals surface area contributed by atoms with Crippen LogP contribution in [-0.4, -0.2) is 24.0 Å². The maximum atomic E-state index is 11.2. The number of para-hydroxylation sites is 1. The third-order valence-corrected chi connectivity index (χ3v) is 3.01. The van der Waals surface area contributed by atoms with Crippen LogP contribution in [0.15, 0.2) is 18.2 Å². The Hall–Kier alpha value is -1.75. The SMILES string of the molecule is NC(=O)c1cccc(NN2CCCCC2)c1N. The molecule has 1 saturated heterocycles. The summed E-state index contributed by atoms with van der Waals surface area (Å²) < 4.78 is 0. The average molecular weight is 234 g/mol. The molecule has 0 radical (unpaired) electrons. The number of piperidine rings is 1. The highest BCUT2D eigenvalue weighted by Crippen LogP contribution is 2.23. The topological polar surface area (TPSA) is 84.4 Å². The van der Waals surface area contributed by atoms with Crippen LogP contribution >= 0.6 is 0 Å². The van der Waals surface area contributed by atoms with E-state index < -0.39 is 5.91 Å². The molecule has 1 aliphatic heterocycles. The van der Waals surface area contributed by atoms with Crippen molar-refractivity contribution in [1.29, 1.82) is 0 Å². The van der Waals surface area contributed by atoms with Crippen LogP contribution in [0.5, 0.6) is 0 Å². The molecule has 17 heavy (non-hydrogen) atoms. The van der Waals surface area contributed by atoms with Crippen molar-refractivity contribution in [2.75, 3.05) is 24.2 Å². The Morgan fingerprint density at radius 1 is 1.24 bits per heavy atom. The lowest BCUT2D eigenvalue weighted by Crippen LogP contribution is -2.35. The first-order valence-electron chi connectivity index (χ1n) is 5.88. The van der Waals surface area contributed by atoms with E-state index in [9.17, 15) is 4.79 Å². The standard InChI is InChI=1S/C12H18N4O/c13-11-9(12(14)17)5-4-6-10(11)15-16-7-2-1-3-8-16/h4-6,15H,1-3,7-8,13H2,(H2,14,17). The van der Waals surface area contributed by atoms with E-state index in [1.54, 1.807) is 12.1 Å². The van der Waals surface area contributed by atoms with Gasteiger partial charge in [0, 0.05) is 13.1 Å². The molecule has 2 rings (SSSR count). The summed E-state index contributed by atoms with van der Waals surface area (Å²) in [7, 11) is 0. The van der Waals surface area contributed by atoms with Gasteiger partial charge in [0.15, 0.2) is 0 Å². The van der Waals surface area contributed by atoms with Crippen LogP contribution in [-0.2, 0) is 0 Å². The molecule has 0 bridgehead atoms. The van der Waals surface area contributed by atoms with Crippen molar-refractivity contribution in [2.24, 2.45) is 5.73 Å². The molecule has 1 aromatic rings. The third-order valence-electron chi connectivity index (χ3n) is 3.01. The molecule has 0 aliphatic carbocycles. The first-order valence-corrected chi connectivity index (χ1v) is 5.88. The number of nitrogens with zero attached hydrogens (tertiary/aromatic N) is 1. The molecule has 1 amide bonds. The van der Waals surface area contributed by atoms with Crippen LogP contribution in [0.25, 0.3) is 0 Å². The summed E-state index contributed by atoms with van der Waals surface area (Å²) in [5, 5.41) is 2.12. The van der Waals surface area contributed by atoms with E-state index in [-0.39, 0.29) is 0 Å². The lowest BCUT2D eigenvalue weighted by Gasteiger charge is -2.28. The van der Waals surface area contributed by atoms with E-state index in [1.165, 1.54) is 19.3 Å². The molecular formula is C12H18N4O. The maximum Gasteiger partial charge on any atom is 0.250 e. The molecule has 1 heterocycles. The van der Waals surface area contributed by atoms with Crippen LogP contribution in [0.3, 0.4) is 0 Å². The minimum atomic E-state index is -0.496. The van der Waals surface area contributed by atoms with Crippen molar-refractivity contribution >= 4 is 17.3 Å². The van der Waals surface area contributed by atoms with Crippen molar-refractivity contribution in [3.05, 3.63) is 23.8 Å². The monoisotopic (exact) mass is 234 g/mol. The van der Waals surface area contributed by atoms with Crippen molar-refractivity contribution in [1.82, 2.24) is 5.01 Å². The lowest BCUT2D eigenvalue weighted by atomic mass is 10.1. The van der Waals surface area contributed by atoms with Gasteiger partial charge in [-0.15, -0.1) is 0 Å². The quantitative estimate of drug-likeness (QED) is 0.686. The van der Waals surface area contributed by atoms with Crippen LogP contribution < -0.4 is 16.9 Å². The van der Waals surface area contributed by atoms with Crippen LogP contribution in [0.2, 0.25) is 0 Å². The summed E-state index contributed by atoms with van der Waals surface area (Å²) in [6, 6.07) is 5.28. The van der Waals surface area contributed by atoms with Gasteiger partial charge in [-0.25, -0.2) is 5.01 Å². The van der Waals surface area contributed by atoms with Crippen molar-refractivity contribution in [2.45, 2.75) is 19.3 Å². The van der Waals surface area contributed by atoms with Gasteiger partial charge in [0.05, 0.1) is 16.9 Å². The van der Waals surface area contributed by atoms with E-state index in [2.05, 4.69) is 10.4 Å². The minimum absolute atomic E-state index is 0.368. The molecule has 0 saturated carbocycles. The highest BCUT2D eigenvalue weighted by atomic mass is 16.1. The molecule has 0 atom stereocenters. The Labute approximate surface area is 101 Å². The van der Waals surface area contributed by atoms with Gasteiger partial charge < -0.3 is 16.9 Å². The van der Waals surface area contributed by atoms with E-state index in [4.69, 9.17) is 11.5 Å². The second-order valence-corrected chi connectivity index (χ2v) is 4.29. The number of nitrogen functional groups attached to an aromatic ring is 1. The van der Waals surface area contributed by atoms with Gasteiger partial charge in [0.2, 0.25) is 0 Å². The molecule has 0 unspecified atom stereocenters. The van der Waals surface area contributed by atoms with Gasteiger partial charge in [-0.2, -0.15) is 0 Å². The number of anilines is 2. The summed E-state index contributed by atoms with van der Waals surface area (Å²) in [6.07, 6.45) is 3.64. The number of benzene rings is 1. The van der Waals surface area contributed by atoms with Gasteiger partial charge in [-0.3, -0.25) is 4.79 Å². The van der Waals surface area contributed by atoms with Crippen molar-refractivity contribution < 1.29 is 4.79 Å². The predicted octanol–water partition coefficient (Wildman–Crippen LogP) is 1.18. The molecule has 92 valence electrons. The Balaban J connectivity index is 2.15. The number of nitrogens with one attached hydrogen (secondary N) is 1. The summed E-state index contributed by atoms with van der Waals surface area (Å²) in [5.41, 5.74) is 16.0. The second kappa shape index (κ2) is 5.05. The number of hydrogen-bond donors (Lipinski definition) is 3. The summed E-state index contributed by atoms with van der Waals surface area (Å²) >= 11 is 0. The normalized spacial score (nSPS) is 16.7. The van der Waals surface area contributed by atoms with Crippen LogP contribution in [0, 0.1) is 0 Å². The van der Waals surface area contributed by atoms with E-state index in [1.807, 2.05) is 6.07 Å². The van der Waals surface area contributed by atoms with Crippen molar-refractivity contribution in [3.63, 3.8) is 0 Å². The fourth-order valence-electron chi connectivity index (χ4n) is 2.05. The molecule has 0 spiro atoms. The molecule has 5 heteroatoms. The highest BCUT2D eigenvalue weighted by Gasteiger charge is 2.13. The van der Waals surface area contributed by atoms with E-state index in [0.717, 1.165) is 18.8 Å². The van der Waals surface area contributed by atoms with E-state index >= 15 is 0 Å². The zero-order valence-electron chi connectivity index (χ0n) is 9.78. The molecule has 1 fully saturated rings. The Kier molecular flexibility index (Phi) is 3.49. The number of carbonyl (C=O) groups excluding carboxylic acids is 1. The number of nitrogens with two attached hydrogens (primary N) is 2. The Morgan fingerprint density at radius 3 is 2.59 bits per heavy atom. The van der Waals surface area contributed by atoms with Crippen LogP contribution in [0.1, 0.15) is 29.6 Å². The Morgan fingerprint density at radius 2 is 1.94 bits per heavy atom. The van der Waals surface area contributed by atoms with E-state index in [0.29, 0.717) is 11.3 Å². The fourth-order valence-corrected chi connectivity index (χ4v) is 2.05. The van der Waals surface area contributed by atoms with Gasteiger partial charge in [0.25, 0.3) is 5.91 Å². The summed E-state index contributed by atoms with van der Waals surface area (Å²) in [6.45, 7) is 2.00.